The standard InChI is InChI=1S/C11H13FN2O4/c1-7(6-18-2)13-11(15)9-5-8(12)3-4-10(9)14(16)17/h3-5,7H,6H2,1-2H3,(H,13,15). The summed E-state index contributed by atoms with van der Waals surface area (Å²) in [6.45, 7) is 1.93. The molecule has 7 heteroatoms. The van der Waals surface area contributed by atoms with Gasteiger partial charge >= 0.3 is 0 Å². The highest BCUT2D eigenvalue weighted by Gasteiger charge is 2.21. The van der Waals surface area contributed by atoms with E-state index < -0.39 is 22.3 Å². The number of hydrogen-bond donors (Lipinski definition) is 1. The maximum Gasteiger partial charge on any atom is 0.282 e. The van der Waals surface area contributed by atoms with Crippen molar-refractivity contribution < 1.29 is 18.8 Å². The maximum atomic E-state index is 13.0. The Morgan fingerprint density at radius 2 is 2.28 bits per heavy atom. The van der Waals surface area contributed by atoms with E-state index in [2.05, 4.69) is 5.32 Å². The predicted octanol–water partition coefficient (Wildman–Crippen LogP) is 1.50. The lowest BCUT2D eigenvalue weighted by atomic mass is 10.1. The van der Waals surface area contributed by atoms with E-state index in [-0.39, 0.29) is 18.2 Å². The molecule has 1 amide bonds. The number of halogens is 1. The summed E-state index contributed by atoms with van der Waals surface area (Å²) in [6, 6.07) is 2.41. The molecule has 18 heavy (non-hydrogen) atoms. The van der Waals surface area contributed by atoms with E-state index >= 15 is 0 Å². The second kappa shape index (κ2) is 6.06. The molecule has 0 radical (unpaired) electrons. The van der Waals surface area contributed by atoms with Crippen molar-refractivity contribution in [2.45, 2.75) is 13.0 Å². The number of nitrogens with zero attached hydrogens (tertiary/aromatic N) is 1. The Labute approximate surface area is 103 Å². The van der Waals surface area contributed by atoms with Crippen LogP contribution in [0, 0.1) is 15.9 Å². The van der Waals surface area contributed by atoms with E-state index in [0.717, 1.165) is 18.2 Å². The van der Waals surface area contributed by atoms with Gasteiger partial charge in [0.15, 0.2) is 0 Å². The van der Waals surface area contributed by atoms with Crippen LogP contribution in [0.2, 0.25) is 0 Å². The molecule has 1 aromatic rings. The fourth-order valence-corrected chi connectivity index (χ4v) is 1.44. The lowest BCUT2D eigenvalue weighted by Crippen LogP contribution is -2.35. The second-order valence-corrected chi connectivity index (χ2v) is 3.75. The smallest absolute Gasteiger partial charge is 0.282 e. The number of nitro benzene ring substituents is 1. The van der Waals surface area contributed by atoms with Gasteiger partial charge in [-0.3, -0.25) is 14.9 Å². The van der Waals surface area contributed by atoms with Gasteiger partial charge in [-0.1, -0.05) is 0 Å². The highest BCUT2D eigenvalue weighted by molar-refractivity contribution is 5.98. The summed E-state index contributed by atoms with van der Waals surface area (Å²) in [4.78, 5) is 21.8. The predicted molar refractivity (Wildman–Crippen MR) is 61.9 cm³/mol. The van der Waals surface area contributed by atoms with Crippen molar-refractivity contribution in [1.82, 2.24) is 5.32 Å². The number of nitro groups is 1. The van der Waals surface area contributed by atoms with Gasteiger partial charge in [-0.15, -0.1) is 0 Å². The number of carbonyl (C=O) groups excluding carboxylic acids is 1. The molecular weight excluding hydrogens is 243 g/mol. The van der Waals surface area contributed by atoms with E-state index in [1.807, 2.05) is 0 Å². The minimum absolute atomic E-state index is 0.259. The van der Waals surface area contributed by atoms with Crippen molar-refractivity contribution in [3.8, 4) is 0 Å². The van der Waals surface area contributed by atoms with Gasteiger partial charge in [-0.2, -0.15) is 0 Å². The average Bonchev–Trinajstić information content (AvgIpc) is 2.28. The van der Waals surface area contributed by atoms with Gasteiger partial charge in [0, 0.05) is 19.2 Å². The molecule has 0 bridgehead atoms. The molecule has 0 heterocycles. The van der Waals surface area contributed by atoms with Crippen molar-refractivity contribution >= 4 is 11.6 Å². The summed E-state index contributed by atoms with van der Waals surface area (Å²) in [7, 11) is 1.47. The van der Waals surface area contributed by atoms with Crippen LogP contribution in [0.3, 0.4) is 0 Å². The van der Waals surface area contributed by atoms with Crippen LogP contribution >= 0.6 is 0 Å². The number of rotatable bonds is 5. The molecule has 0 saturated heterocycles. The van der Waals surface area contributed by atoms with Crippen molar-refractivity contribution in [3.63, 3.8) is 0 Å². The van der Waals surface area contributed by atoms with Crippen molar-refractivity contribution in [2.75, 3.05) is 13.7 Å². The molecule has 0 saturated carbocycles. The maximum absolute atomic E-state index is 13.0. The van der Waals surface area contributed by atoms with Gasteiger partial charge in [0.05, 0.1) is 11.5 Å². The number of carbonyl (C=O) groups is 1. The lowest BCUT2D eigenvalue weighted by Gasteiger charge is -2.12. The van der Waals surface area contributed by atoms with Gasteiger partial charge in [-0.25, -0.2) is 4.39 Å². The zero-order valence-corrected chi connectivity index (χ0v) is 9.97. The molecule has 0 spiro atoms. The molecule has 6 nitrogen and oxygen atoms in total. The second-order valence-electron chi connectivity index (χ2n) is 3.75. The number of hydrogen-bond acceptors (Lipinski definition) is 4. The Kier molecular flexibility index (Phi) is 4.73. The molecule has 0 aliphatic heterocycles. The van der Waals surface area contributed by atoms with Crippen LogP contribution in [0.15, 0.2) is 18.2 Å². The third-order valence-corrected chi connectivity index (χ3v) is 2.19. The first-order valence-corrected chi connectivity index (χ1v) is 5.19. The van der Waals surface area contributed by atoms with Gasteiger partial charge < -0.3 is 10.1 Å². The summed E-state index contributed by atoms with van der Waals surface area (Å²) < 4.78 is 17.8. The molecule has 1 rings (SSSR count). The molecule has 0 aromatic heterocycles. The quantitative estimate of drug-likeness (QED) is 0.639. The summed E-state index contributed by atoms with van der Waals surface area (Å²) in [6.07, 6.45) is 0. The van der Waals surface area contributed by atoms with Crippen LogP contribution in [0.4, 0.5) is 10.1 Å². The molecule has 0 aliphatic carbocycles. The zero-order valence-electron chi connectivity index (χ0n) is 9.97. The molecule has 1 aromatic carbocycles. The number of nitrogens with one attached hydrogen (secondary N) is 1. The van der Waals surface area contributed by atoms with Crippen molar-refractivity contribution in [2.24, 2.45) is 0 Å². The molecule has 98 valence electrons. The number of amides is 1. The van der Waals surface area contributed by atoms with Crippen LogP contribution in [-0.4, -0.2) is 30.6 Å². The first-order valence-electron chi connectivity index (χ1n) is 5.19. The first kappa shape index (κ1) is 14.0. The van der Waals surface area contributed by atoms with Crippen LogP contribution in [0.25, 0.3) is 0 Å². The summed E-state index contributed by atoms with van der Waals surface area (Å²) in [5.41, 5.74) is -0.735. The minimum atomic E-state index is -0.727. The first-order chi connectivity index (χ1) is 8.45. The van der Waals surface area contributed by atoms with Gasteiger partial charge in [0.2, 0.25) is 0 Å². The number of ether oxygens (including phenoxy) is 1. The van der Waals surface area contributed by atoms with Crippen LogP contribution < -0.4 is 5.32 Å². The molecular formula is C11H13FN2O4. The van der Waals surface area contributed by atoms with Gasteiger partial charge in [0.1, 0.15) is 11.4 Å². The third-order valence-electron chi connectivity index (χ3n) is 2.19. The van der Waals surface area contributed by atoms with Crippen molar-refractivity contribution in [3.05, 3.63) is 39.7 Å². The number of methoxy groups -OCH3 is 1. The van der Waals surface area contributed by atoms with E-state index in [1.165, 1.54) is 7.11 Å². The topological polar surface area (TPSA) is 81.5 Å². The highest BCUT2D eigenvalue weighted by atomic mass is 19.1. The van der Waals surface area contributed by atoms with E-state index in [1.54, 1.807) is 6.92 Å². The third kappa shape index (κ3) is 3.49. The Morgan fingerprint density at radius 1 is 1.61 bits per heavy atom. The van der Waals surface area contributed by atoms with Crippen LogP contribution in [0.5, 0.6) is 0 Å². The Balaban J connectivity index is 2.97. The molecule has 1 N–H and O–H groups in total. The zero-order chi connectivity index (χ0) is 13.7. The molecule has 1 atom stereocenters. The van der Waals surface area contributed by atoms with Crippen LogP contribution in [0.1, 0.15) is 17.3 Å². The average molecular weight is 256 g/mol. The Hall–Kier alpha value is -2.02. The lowest BCUT2D eigenvalue weighted by molar-refractivity contribution is -0.385. The monoisotopic (exact) mass is 256 g/mol. The summed E-state index contributed by atoms with van der Waals surface area (Å²) in [5, 5.41) is 13.2. The fourth-order valence-electron chi connectivity index (χ4n) is 1.44. The van der Waals surface area contributed by atoms with E-state index in [4.69, 9.17) is 4.74 Å². The molecule has 0 aliphatic rings. The Morgan fingerprint density at radius 3 is 2.83 bits per heavy atom. The Bertz CT molecular complexity index is 464. The number of benzene rings is 1. The fraction of sp³-hybridized carbons (Fsp3) is 0.364. The summed E-state index contributed by atoms with van der Waals surface area (Å²) in [5.74, 6) is -1.41. The van der Waals surface area contributed by atoms with E-state index in [9.17, 15) is 19.3 Å². The van der Waals surface area contributed by atoms with Gasteiger partial charge in [0.25, 0.3) is 11.6 Å². The van der Waals surface area contributed by atoms with E-state index in [0.29, 0.717) is 0 Å². The van der Waals surface area contributed by atoms with Crippen molar-refractivity contribution in [1.29, 1.82) is 0 Å². The van der Waals surface area contributed by atoms with Crippen LogP contribution in [-0.2, 0) is 4.74 Å². The highest BCUT2D eigenvalue weighted by Crippen LogP contribution is 2.19. The SMILES string of the molecule is COCC(C)NC(=O)c1cc(F)ccc1[N+](=O)[O-]. The molecule has 0 fully saturated rings. The normalized spacial score (nSPS) is 11.9. The minimum Gasteiger partial charge on any atom is -0.383 e. The van der Waals surface area contributed by atoms with Gasteiger partial charge in [-0.05, 0) is 19.1 Å². The molecule has 1 unspecified atom stereocenters. The summed E-state index contributed by atoms with van der Waals surface area (Å²) >= 11 is 0. The largest absolute Gasteiger partial charge is 0.383 e.